The Morgan fingerprint density at radius 1 is 0.976 bits per heavy atom. The van der Waals surface area contributed by atoms with Crippen LogP contribution in [0.5, 0.6) is 5.75 Å². The molecule has 1 saturated carbocycles. The molecule has 0 aliphatic heterocycles. The lowest BCUT2D eigenvalue weighted by Gasteiger charge is -2.32. The minimum Gasteiger partial charge on any atom is -0.489 e. The third-order valence-electron chi connectivity index (χ3n) is 7.22. The van der Waals surface area contributed by atoms with Crippen molar-refractivity contribution >= 4 is 39.1 Å². The number of amides is 2. The van der Waals surface area contributed by atoms with E-state index in [1.807, 2.05) is 30.3 Å². The fraction of sp³-hybridized carbons (Fsp3) is 0.355. The van der Waals surface area contributed by atoms with Crippen molar-refractivity contribution in [2.45, 2.75) is 57.8 Å². The van der Waals surface area contributed by atoms with Crippen LogP contribution in [0.3, 0.4) is 0 Å². The van der Waals surface area contributed by atoms with E-state index in [0.29, 0.717) is 28.6 Å². The van der Waals surface area contributed by atoms with Crippen LogP contribution in [0.15, 0.2) is 78.9 Å². The van der Waals surface area contributed by atoms with Gasteiger partial charge in [-0.1, -0.05) is 73.0 Å². The molecule has 0 aromatic heterocycles. The molecule has 0 unspecified atom stereocenters. The molecule has 2 amide bonds. The first-order valence-corrected chi connectivity index (χ1v) is 15.9. The Kier molecular flexibility index (Phi) is 10.3. The zero-order chi connectivity index (χ0) is 29.4. The van der Waals surface area contributed by atoms with E-state index in [1.54, 1.807) is 55.5 Å². The molecule has 1 atom stereocenters. The smallest absolute Gasteiger partial charge is 0.244 e. The molecule has 1 aliphatic rings. The molecule has 3 aromatic carbocycles. The summed E-state index contributed by atoms with van der Waals surface area (Å²) >= 11 is 6.39. The summed E-state index contributed by atoms with van der Waals surface area (Å²) in [6, 6.07) is 22.6. The van der Waals surface area contributed by atoms with Crippen LogP contribution in [0.4, 0.5) is 5.69 Å². The summed E-state index contributed by atoms with van der Waals surface area (Å²) in [6.07, 6.45) is 4.98. The summed E-state index contributed by atoms with van der Waals surface area (Å²) in [4.78, 5) is 28.4. The van der Waals surface area contributed by atoms with E-state index in [9.17, 15) is 18.0 Å². The average molecular weight is 598 g/mol. The molecule has 4 rings (SSSR count). The third kappa shape index (κ3) is 8.47. The van der Waals surface area contributed by atoms with Crippen LogP contribution in [-0.2, 0) is 32.8 Å². The maximum absolute atomic E-state index is 13.8. The molecule has 0 radical (unpaired) electrons. The van der Waals surface area contributed by atoms with Gasteiger partial charge >= 0.3 is 0 Å². The maximum Gasteiger partial charge on any atom is 0.244 e. The quantitative estimate of drug-likeness (QED) is 0.311. The Labute approximate surface area is 247 Å². The summed E-state index contributed by atoms with van der Waals surface area (Å²) in [5, 5.41) is 3.51. The van der Waals surface area contributed by atoms with Gasteiger partial charge in [0, 0.05) is 17.6 Å². The Bertz CT molecular complexity index is 1430. The lowest BCUT2D eigenvalue weighted by atomic mass is 10.1. The molecule has 0 saturated heterocycles. The lowest BCUT2D eigenvalue weighted by Crippen LogP contribution is -2.52. The van der Waals surface area contributed by atoms with Crippen LogP contribution >= 0.6 is 11.6 Å². The van der Waals surface area contributed by atoms with Crippen LogP contribution in [0, 0.1) is 0 Å². The van der Waals surface area contributed by atoms with Crippen molar-refractivity contribution in [3.05, 3.63) is 95.0 Å². The molecule has 1 N–H and O–H groups in total. The van der Waals surface area contributed by atoms with E-state index in [2.05, 4.69) is 5.32 Å². The van der Waals surface area contributed by atoms with E-state index >= 15 is 0 Å². The van der Waals surface area contributed by atoms with Crippen molar-refractivity contribution in [2.24, 2.45) is 0 Å². The largest absolute Gasteiger partial charge is 0.489 e. The van der Waals surface area contributed by atoms with Crippen molar-refractivity contribution < 1.29 is 22.7 Å². The molecule has 0 bridgehead atoms. The number of halogens is 1. The standard InChI is InChI=1S/C31H36ClN3O5S/c1-23(31(37)33-26-13-7-8-14-26)34(20-25-12-6-9-15-29(25)32)30(36)21-35(41(2,38)39)27-16-18-28(19-17-27)40-22-24-10-4-3-5-11-24/h3-6,9-12,15-19,23,26H,7-8,13-14,20-22H2,1-2H3,(H,33,37)/t23-/m1/s1. The van der Waals surface area contributed by atoms with Crippen LogP contribution < -0.4 is 14.4 Å². The second-order valence-electron chi connectivity index (χ2n) is 10.3. The molecular formula is C31H36ClN3O5S. The summed E-state index contributed by atoms with van der Waals surface area (Å²) in [6.45, 7) is 1.60. The lowest BCUT2D eigenvalue weighted by molar-refractivity contribution is -0.139. The van der Waals surface area contributed by atoms with Gasteiger partial charge in [0.05, 0.1) is 11.9 Å². The van der Waals surface area contributed by atoms with Gasteiger partial charge in [0.1, 0.15) is 24.9 Å². The van der Waals surface area contributed by atoms with E-state index in [0.717, 1.165) is 41.8 Å². The first kappa shape index (κ1) is 30.4. The first-order chi connectivity index (χ1) is 19.6. The number of carbonyl (C=O) groups excluding carboxylic acids is 2. The van der Waals surface area contributed by atoms with Gasteiger partial charge in [0.15, 0.2) is 0 Å². The molecule has 10 heteroatoms. The molecule has 0 spiro atoms. The van der Waals surface area contributed by atoms with Crippen LogP contribution in [0.1, 0.15) is 43.7 Å². The van der Waals surface area contributed by atoms with E-state index in [-0.39, 0.29) is 18.5 Å². The molecule has 218 valence electrons. The molecule has 8 nitrogen and oxygen atoms in total. The Morgan fingerprint density at radius 2 is 1.61 bits per heavy atom. The van der Waals surface area contributed by atoms with Gasteiger partial charge in [-0.25, -0.2) is 8.42 Å². The molecular weight excluding hydrogens is 562 g/mol. The predicted octanol–water partition coefficient (Wildman–Crippen LogP) is 5.16. The summed E-state index contributed by atoms with van der Waals surface area (Å²) in [5.74, 6) is -0.230. The van der Waals surface area contributed by atoms with Crippen molar-refractivity contribution in [3.63, 3.8) is 0 Å². The molecule has 3 aromatic rings. The number of carbonyl (C=O) groups is 2. The van der Waals surface area contributed by atoms with Gasteiger partial charge in [-0.3, -0.25) is 13.9 Å². The van der Waals surface area contributed by atoms with Crippen LogP contribution in [-0.4, -0.2) is 50.0 Å². The van der Waals surface area contributed by atoms with E-state index in [4.69, 9.17) is 16.3 Å². The number of benzene rings is 3. The fourth-order valence-electron chi connectivity index (χ4n) is 4.85. The zero-order valence-corrected chi connectivity index (χ0v) is 24.9. The van der Waals surface area contributed by atoms with Gasteiger partial charge in [-0.15, -0.1) is 0 Å². The predicted molar refractivity (Wildman–Crippen MR) is 161 cm³/mol. The topological polar surface area (TPSA) is 96.0 Å². The van der Waals surface area contributed by atoms with Gasteiger partial charge < -0.3 is 15.0 Å². The monoisotopic (exact) mass is 597 g/mol. The van der Waals surface area contributed by atoms with Crippen molar-refractivity contribution in [2.75, 3.05) is 17.1 Å². The highest BCUT2D eigenvalue weighted by atomic mass is 35.5. The van der Waals surface area contributed by atoms with Crippen molar-refractivity contribution in [1.82, 2.24) is 10.2 Å². The molecule has 1 aliphatic carbocycles. The number of rotatable bonds is 12. The summed E-state index contributed by atoms with van der Waals surface area (Å²) < 4.78 is 32.6. The third-order valence-corrected chi connectivity index (χ3v) is 8.73. The van der Waals surface area contributed by atoms with Crippen LogP contribution in [0.2, 0.25) is 5.02 Å². The highest BCUT2D eigenvalue weighted by Crippen LogP contribution is 2.24. The number of hydrogen-bond acceptors (Lipinski definition) is 5. The summed E-state index contributed by atoms with van der Waals surface area (Å²) in [7, 11) is -3.84. The van der Waals surface area contributed by atoms with Crippen molar-refractivity contribution in [1.29, 1.82) is 0 Å². The number of hydrogen-bond donors (Lipinski definition) is 1. The second-order valence-corrected chi connectivity index (χ2v) is 12.6. The van der Waals surface area contributed by atoms with E-state index < -0.39 is 28.5 Å². The van der Waals surface area contributed by atoms with Gasteiger partial charge in [-0.2, -0.15) is 0 Å². The van der Waals surface area contributed by atoms with Gasteiger partial charge in [-0.05, 0) is 61.2 Å². The van der Waals surface area contributed by atoms with Crippen molar-refractivity contribution in [3.8, 4) is 5.75 Å². The highest BCUT2D eigenvalue weighted by Gasteiger charge is 2.31. The number of anilines is 1. The minimum absolute atomic E-state index is 0.0572. The number of nitrogens with one attached hydrogen (secondary N) is 1. The number of sulfonamides is 1. The number of ether oxygens (including phenoxy) is 1. The Morgan fingerprint density at radius 3 is 2.24 bits per heavy atom. The molecule has 41 heavy (non-hydrogen) atoms. The maximum atomic E-state index is 13.8. The second kappa shape index (κ2) is 13.9. The molecule has 1 fully saturated rings. The van der Waals surface area contributed by atoms with Gasteiger partial charge in [0.25, 0.3) is 0 Å². The zero-order valence-electron chi connectivity index (χ0n) is 23.3. The highest BCUT2D eigenvalue weighted by molar-refractivity contribution is 7.92. The average Bonchev–Trinajstić information content (AvgIpc) is 3.47. The Hall–Kier alpha value is -3.56. The first-order valence-electron chi connectivity index (χ1n) is 13.7. The minimum atomic E-state index is -3.84. The summed E-state index contributed by atoms with van der Waals surface area (Å²) in [5.41, 5.74) is 1.98. The Balaban J connectivity index is 1.53. The fourth-order valence-corrected chi connectivity index (χ4v) is 5.89. The normalized spacial score (nSPS) is 14.3. The molecule has 0 heterocycles. The van der Waals surface area contributed by atoms with Gasteiger partial charge in [0.2, 0.25) is 21.8 Å². The van der Waals surface area contributed by atoms with Crippen LogP contribution in [0.25, 0.3) is 0 Å². The van der Waals surface area contributed by atoms with E-state index in [1.165, 1.54) is 4.90 Å². The number of nitrogens with zero attached hydrogens (tertiary/aromatic N) is 2. The SMILES string of the molecule is C[C@H](C(=O)NC1CCCC1)N(Cc1ccccc1Cl)C(=O)CN(c1ccc(OCc2ccccc2)cc1)S(C)(=O)=O.